The van der Waals surface area contributed by atoms with Crippen LogP contribution in [0.5, 0.6) is 0 Å². The predicted molar refractivity (Wildman–Crippen MR) is 70.6 cm³/mol. The number of oxime groups is 1. The summed E-state index contributed by atoms with van der Waals surface area (Å²) in [5, 5.41) is 6.91. The van der Waals surface area contributed by atoms with Crippen LogP contribution in [0.1, 0.15) is 47.0 Å². The molecule has 5 nitrogen and oxygen atoms in total. The molecule has 104 valence electrons. The quantitative estimate of drug-likeness (QED) is 0.773. The maximum absolute atomic E-state index is 11.7. The highest BCUT2D eigenvalue weighted by Gasteiger charge is 2.28. The van der Waals surface area contributed by atoms with Gasteiger partial charge >= 0.3 is 6.09 Å². The molecule has 2 atom stereocenters. The minimum atomic E-state index is -0.454. The molecule has 1 amide bonds. The summed E-state index contributed by atoms with van der Waals surface area (Å²) in [6, 6.07) is 0.149. The highest BCUT2D eigenvalue weighted by Crippen LogP contribution is 2.23. The van der Waals surface area contributed by atoms with Gasteiger partial charge in [0, 0.05) is 6.04 Å². The number of carbonyl (C=O) groups excluding carboxylic acids is 1. The van der Waals surface area contributed by atoms with E-state index in [1.807, 2.05) is 20.8 Å². The van der Waals surface area contributed by atoms with Crippen LogP contribution in [0.15, 0.2) is 5.16 Å². The van der Waals surface area contributed by atoms with Crippen molar-refractivity contribution in [1.29, 1.82) is 0 Å². The predicted octanol–water partition coefficient (Wildman–Crippen LogP) is 2.70. The Bertz CT molecular complexity index is 321. The molecule has 0 aliphatic heterocycles. The lowest BCUT2D eigenvalue weighted by Crippen LogP contribution is -2.45. The number of hydrogen-bond donors (Lipinski definition) is 1. The molecule has 18 heavy (non-hydrogen) atoms. The Morgan fingerprint density at radius 2 is 2.11 bits per heavy atom. The van der Waals surface area contributed by atoms with Crippen LogP contribution in [-0.2, 0) is 9.57 Å². The van der Waals surface area contributed by atoms with Crippen LogP contribution in [-0.4, -0.2) is 30.6 Å². The summed E-state index contributed by atoms with van der Waals surface area (Å²) in [4.78, 5) is 16.5. The minimum absolute atomic E-state index is 0.149. The van der Waals surface area contributed by atoms with Crippen LogP contribution in [0.25, 0.3) is 0 Å². The highest BCUT2D eigenvalue weighted by atomic mass is 16.6. The lowest BCUT2D eigenvalue weighted by Gasteiger charge is -2.31. The van der Waals surface area contributed by atoms with Crippen LogP contribution < -0.4 is 5.32 Å². The van der Waals surface area contributed by atoms with E-state index >= 15 is 0 Å². The van der Waals surface area contributed by atoms with E-state index in [9.17, 15) is 4.79 Å². The molecule has 0 aromatic carbocycles. The minimum Gasteiger partial charge on any atom is -0.444 e. The Hall–Kier alpha value is -1.26. The molecule has 0 aromatic rings. The first kappa shape index (κ1) is 14.8. The van der Waals surface area contributed by atoms with Gasteiger partial charge in [0.2, 0.25) is 0 Å². The second-order valence-electron chi connectivity index (χ2n) is 5.81. The molecule has 0 spiro atoms. The Labute approximate surface area is 109 Å². The molecule has 5 heteroatoms. The van der Waals surface area contributed by atoms with Crippen molar-refractivity contribution in [3.63, 3.8) is 0 Å². The maximum atomic E-state index is 11.7. The summed E-state index contributed by atoms with van der Waals surface area (Å²) in [7, 11) is 1.56. The number of hydrogen-bond acceptors (Lipinski definition) is 4. The van der Waals surface area contributed by atoms with E-state index in [0.29, 0.717) is 5.92 Å². The molecular weight excluding hydrogens is 232 g/mol. The highest BCUT2D eigenvalue weighted by molar-refractivity contribution is 5.85. The lowest BCUT2D eigenvalue weighted by molar-refractivity contribution is 0.0483. The molecule has 1 unspecified atom stereocenters. The first-order chi connectivity index (χ1) is 8.31. The van der Waals surface area contributed by atoms with Crippen LogP contribution in [0.4, 0.5) is 4.79 Å². The molecule has 1 N–H and O–H groups in total. The summed E-state index contributed by atoms with van der Waals surface area (Å²) in [6.07, 6.45) is 2.25. The fourth-order valence-electron chi connectivity index (χ4n) is 2.11. The topological polar surface area (TPSA) is 59.9 Å². The number of ether oxygens (including phenoxy) is 1. The van der Waals surface area contributed by atoms with E-state index in [-0.39, 0.29) is 12.1 Å². The van der Waals surface area contributed by atoms with Crippen LogP contribution >= 0.6 is 0 Å². The van der Waals surface area contributed by atoms with Crippen molar-refractivity contribution in [2.45, 2.75) is 58.6 Å². The molecule has 1 aliphatic carbocycles. The third-order valence-corrected chi connectivity index (χ3v) is 2.91. The molecule has 1 aliphatic rings. The van der Waals surface area contributed by atoms with Crippen molar-refractivity contribution in [2.24, 2.45) is 11.1 Å². The van der Waals surface area contributed by atoms with Crippen molar-refractivity contribution in [1.82, 2.24) is 5.32 Å². The zero-order valence-electron chi connectivity index (χ0n) is 11.9. The first-order valence-electron chi connectivity index (χ1n) is 6.40. The lowest BCUT2D eigenvalue weighted by atomic mass is 9.85. The third-order valence-electron chi connectivity index (χ3n) is 2.91. The Morgan fingerprint density at radius 3 is 2.61 bits per heavy atom. The number of carbonyl (C=O) groups is 1. The molecule has 0 bridgehead atoms. The monoisotopic (exact) mass is 256 g/mol. The largest absolute Gasteiger partial charge is 0.444 e. The van der Waals surface area contributed by atoms with Gasteiger partial charge in [-0.2, -0.15) is 0 Å². The maximum Gasteiger partial charge on any atom is 0.407 e. The van der Waals surface area contributed by atoms with E-state index in [1.165, 1.54) is 0 Å². The number of nitrogens with one attached hydrogen (secondary N) is 1. The van der Waals surface area contributed by atoms with Gasteiger partial charge in [-0.1, -0.05) is 12.1 Å². The second-order valence-corrected chi connectivity index (χ2v) is 5.81. The average molecular weight is 256 g/mol. The first-order valence-corrected chi connectivity index (χ1v) is 6.40. The van der Waals surface area contributed by atoms with Gasteiger partial charge in [-0.25, -0.2) is 4.79 Å². The zero-order chi connectivity index (χ0) is 13.8. The van der Waals surface area contributed by atoms with Gasteiger partial charge < -0.3 is 14.9 Å². The Kier molecular flexibility index (Phi) is 4.99. The van der Waals surface area contributed by atoms with Crippen molar-refractivity contribution in [3.05, 3.63) is 0 Å². The normalized spacial score (nSPS) is 26.8. The Morgan fingerprint density at radius 1 is 1.44 bits per heavy atom. The van der Waals surface area contributed by atoms with Gasteiger partial charge in [-0.15, -0.1) is 0 Å². The average Bonchev–Trinajstić information content (AvgIpc) is 2.20. The van der Waals surface area contributed by atoms with Crippen LogP contribution in [0, 0.1) is 5.92 Å². The number of rotatable bonds is 2. The van der Waals surface area contributed by atoms with Gasteiger partial charge in [0.25, 0.3) is 0 Å². The summed E-state index contributed by atoms with van der Waals surface area (Å²) in [5.41, 5.74) is 0.609. The van der Waals surface area contributed by atoms with Gasteiger partial charge in [0.1, 0.15) is 12.7 Å². The van der Waals surface area contributed by atoms with Crippen molar-refractivity contribution in [2.75, 3.05) is 7.11 Å². The summed E-state index contributed by atoms with van der Waals surface area (Å²) < 4.78 is 5.26. The molecule has 0 saturated heterocycles. The molecule has 1 saturated carbocycles. The Balaban J connectivity index is 2.45. The van der Waals surface area contributed by atoms with E-state index in [0.717, 1.165) is 25.0 Å². The summed E-state index contributed by atoms with van der Waals surface area (Å²) >= 11 is 0. The molecule has 0 heterocycles. The van der Waals surface area contributed by atoms with E-state index in [4.69, 9.17) is 9.57 Å². The number of amides is 1. The fraction of sp³-hybridized carbons (Fsp3) is 0.846. The molecule has 0 aromatic heterocycles. The van der Waals surface area contributed by atoms with Gasteiger partial charge in [0.15, 0.2) is 0 Å². The standard InChI is InChI=1S/C13H24N2O3/c1-9-8-10(15-17-5)6-7-11(9)14-12(16)18-13(2,3)4/h9,11H,6-8H2,1-5H3,(H,14,16)/t9-,11?/m1/s1. The number of nitrogens with zero attached hydrogens (tertiary/aromatic N) is 1. The van der Waals surface area contributed by atoms with Gasteiger partial charge in [-0.3, -0.25) is 0 Å². The van der Waals surface area contributed by atoms with E-state index in [1.54, 1.807) is 7.11 Å². The van der Waals surface area contributed by atoms with Gasteiger partial charge in [0.05, 0.1) is 5.71 Å². The van der Waals surface area contributed by atoms with Crippen LogP contribution in [0.2, 0.25) is 0 Å². The smallest absolute Gasteiger partial charge is 0.407 e. The van der Waals surface area contributed by atoms with Gasteiger partial charge in [-0.05, 0) is 46.0 Å². The zero-order valence-corrected chi connectivity index (χ0v) is 11.9. The number of alkyl carbamates (subject to hydrolysis) is 1. The van der Waals surface area contributed by atoms with Crippen molar-refractivity contribution in [3.8, 4) is 0 Å². The van der Waals surface area contributed by atoms with Crippen LogP contribution in [0.3, 0.4) is 0 Å². The van der Waals surface area contributed by atoms with Crippen molar-refractivity contribution >= 4 is 11.8 Å². The third kappa shape index (κ3) is 4.94. The second kappa shape index (κ2) is 6.07. The SMILES string of the molecule is CON=C1CCC(NC(=O)OC(C)(C)C)[C@H](C)C1. The van der Waals surface area contributed by atoms with Crippen molar-refractivity contribution < 1.29 is 14.4 Å². The molecule has 1 fully saturated rings. The molecular formula is C13H24N2O3. The molecule has 0 radical (unpaired) electrons. The molecule has 1 rings (SSSR count). The summed E-state index contributed by atoms with van der Waals surface area (Å²) in [5.74, 6) is 0.347. The van der Waals surface area contributed by atoms with E-state index < -0.39 is 5.60 Å². The fourth-order valence-corrected chi connectivity index (χ4v) is 2.11. The summed E-state index contributed by atoms with van der Waals surface area (Å²) in [6.45, 7) is 7.69. The van der Waals surface area contributed by atoms with E-state index in [2.05, 4.69) is 17.4 Å².